The molecule has 1 aliphatic rings. The highest BCUT2D eigenvalue weighted by molar-refractivity contribution is 5.92. The molecule has 0 saturated heterocycles. The Morgan fingerprint density at radius 2 is 2.08 bits per heavy atom. The molecule has 2 aromatic heterocycles. The minimum absolute atomic E-state index is 0.0586. The van der Waals surface area contributed by atoms with Crippen LogP contribution in [0, 0.1) is 11.1 Å². The van der Waals surface area contributed by atoms with Crippen molar-refractivity contribution in [2.45, 2.75) is 12.8 Å². The number of anilines is 2. The van der Waals surface area contributed by atoms with E-state index in [0.29, 0.717) is 16.9 Å². The Morgan fingerprint density at radius 1 is 1.29 bits per heavy atom. The van der Waals surface area contributed by atoms with E-state index in [1.54, 1.807) is 28.8 Å². The topological polar surface area (TPSA) is 106 Å². The standard InChI is InChI=1S/C16H14N5O3/c22-15(10-7-8-10)18-16-17-14-6-2-5-13(20(14)19-16)11-3-1-4-12(9-11)21(23)24/h1-6,9-10,23H,7-8H2,(H,18,19,22)/q-1. The zero-order valence-electron chi connectivity index (χ0n) is 12.6. The molecular weight excluding hydrogens is 310 g/mol. The molecule has 8 nitrogen and oxygen atoms in total. The molecule has 3 aromatic rings. The number of rotatable bonds is 4. The number of pyridine rings is 1. The molecule has 0 unspecified atom stereocenters. The van der Waals surface area contributed by atoms with Crippen LogP contribution in [0.1, 0.15) is 12.8 Å². The predicted octanol–water partition coefficient (Wildman–Crippen LogP) is 2.44. The molecular formula is C16H14N5O3-. The SMILES string of the molecule is O=C(Nc1nc2cccc(-c3cccc(N([O-])O)c3)n2n1)C1CC1. The fraction of sp³-hybridized carbons (Fsp3) is 0.188. The first-order valence-corrected chi connectivity index (χ1v) is 7.55. The number of fused-ring (bicyclic) bond motifs is 1. The van der Waals surface area contributed by atoms with E-state index < -0.39 is 0 Å². The van der Waals surface area contributed by atoms with Gasteiger partial charge in [0.2, 0.25) is 11.9 Å². The molecule has 0 bridgehead atoms. The lowest BCUT2D eigenvalue weighted by Gasteiger charge is -2.22. The molecule has 1 aliphatic carbocycles. The van der Waals surface area contributed by atoms with Crippen molar-refractivity contribution < 1.29 is 10.0 Å². The van der Waals surface area contributed by atoms with Gasteiger partial charge in [0.25, 0.3) is 0 Å². The van der Waals surface area contributed by atoms with Gasteiger partial charge in [-0.2, -0.15) is 4.98 Å². The molecule has 24 heavy (non-hydrogen) atoms. The van der Waals surface area contributed by atoms with Crippen molar-refractivity contribution in [3.05, 3.63) is 47.7 Å². The lowest BCUT2D eigenvalue weighted by molar-refractivity contribution is -0.117. The van der Waals surface area contributed by atoms with Crippen LogP contribution in [0.4, 0.5) is 11.6 Å². The number of benzene rings is 1. The summed E-state index contributed by atoms with van der Waals surface area (Å²) in [6, 6.07) is 11.9. The Hall–Kier alpha value is -2.97. The van der Waals surface area contributed by atoms with Crippen LogP contribution in [0.5, 0.6) is 0 Å². The van der Waals surface area contributed by atoms with Crippen LogP contribution >= 0.6 is 0 Å². The van der Waals surface area contributed by atoms with Gasteiger partial charge >= 0.3 is 0 Å². The molecule has 8 heteroatoms. The van der Waals surface area contributed by atoms with Crippen LogP contribution < -0.4 is 10.5 Å². The van der Waals surface area contributed by atoms with Crippen LogP contribution in [0.2, 0.25) is 0 Å². The second-order valence-corrected chi connectivity index (χ2v) is 5.70. The third kappa shape index (κ3) is 2.68. The zero-order chi connectivity index (χ0) is 16.7. The molecule has 1 aromatic carbocycles. The second-order valence-electron chi connectivity index (χ2n) is 5.70. The van der Waals surface area contributed by atoms with Crippen LogP contribution in [0.3, 0.4) is 0 Å². The van der Waals surface area contributed by atoms with Crippen molar-refractivity contribution in [3.8, 4) is 11.3 Å². The molecule has 122 valence electrons. The summed E-state index contributed by atoms with van der Waals surface area (Å²) in [4.78, 5) is 16.2. The summed E-state index contributed by atoms with van der Waals surface area (Å²) in [6.07, 6.45) is 1.81. The molecule has 0 aliphatic heterocycles. The van der Waals surface area contributed by atoms with Gasteiger partial charge in [0, 0.05) is 11.5 Å². The Bertz CT molecular complexity index is 917. The Morgan fingerprint density at radius 3 is 2.83 bits per heavy atom. The van der Waals surface area contributed by atoms with Crippen molar-refractivity contribution in [2.75, 3.05) is 10.5 Å². The summed E-state index contributed by atoms with van der Waals surface area (Å²) >= 11 is 0. The maximum atomic E-state index is 11.9. The van der Waals surface area contributed by atoms with Crippen molar-refractivity contribution >= 4 is 23.2 Å². The fourth-order valence-electron chi connectivity index (χ4n) is 2.52. The van der Waals surface area contributed by atoms with Crippen molar-refractivity contribution in [3.63, 3.8) is 0 Å². The summed E-state index contributed by atoms with van der Waals surface area (Å²) in [5, 5.41) is 27.0. The molecule has 2 heterocycles. The van der Waals surface area contributed by atoms with Gasteiger partial charge < -0.3 is 10.4 Å². The lowest BCUT2D eigenvalue weighted by atomic mass is 10.1. The minimum Gasteiger partial charge on any atom is -0.733 e. The summed E-state index contributed by atoms with van der Waals surface area (Å²) in [6.45, 7) is 0. The van der Waals surface area contributed by atoms with E-state index in [0.717, 1.165) is 12.8 Å². The summed E-state index contributed by atoms with van der Waals surface area (Å²) in [7, 11) is 0. The third-order valence-corrected chi connectivity index (χ3v) is 3.91. The van der Waals surface area contributed by atoms with Gasteiger partial charge in [0.15, 0.2) is 5.65 Å². The van der Waals surface area contributed by atoms with Crippen LogP contribution in [-0.4, -0.2) is 25.7 Å². The summed E-state index contributed by atoms with van der Waals surface area (Å²) in [5.41, 5.74) is 2.08. The number of amides is 1. The molecule has 2 N–H and O–H groups in total. The average Bonchev–Trinajstić information content (AvgIpc) is 3.35. The number of hydrogen-bond acceptors (Lipinski definition) is 6. The van der Waals surface area contributed by atoms with Crippen molar-refractivity contribution in [1.29, 1.82) is 0 Å². The van der Waals surface area contributed by atoms with Gasteiger partial charge in [-0.1, -0.05) is 18.2 Å². The first kappa shape index (κ1) is 14.6. The Labute approximate surface area is 136 Å². The number of carbonyl (C=O) groups is 1. The van der Waals surface area contributed by atoms with Gasteiger partial charge in [-0.15, -0.1) is 5.10 Å². The highest BCUT2D eigenvalue weighted by Crippen LogP contribution is 2.30. The first-order valence-electron chi connectivity index (χ1n) is 7.55. The van der Waals surface area contributed by atoms with Gasteiger partial charge in [0.05, 0.1) is 11.4 Å². The highest BCUT2D eigenvalue weighted by Gasteiger charge is 2.30. The Kier molecular flexibility index (Phi) is 3.40. The normalized spacial score (nSPS) is 13.9. The minimum atomic E-state index is -0.188. The zero-order valence-corrected chi connectivity index (χ0v) is 12.6. The predicted molar refractivity (Wildman–Crippen MR) is 87.4 cm³/mol. The largest absolute Gasteiger partial charge is 0.733 e. The van der Waals surface area contributed by atoms with Crippen LogP contribution in [0.15, 0.2) is 42.5 Å². The second kappa shape index (κ2) is 5.59. The molecule has 1 amide bonds. The fourth-order valence-corrected chi connectivity index (χ4v) is 2.52. The Balaban J connectivity index is 1.74. The van der Waals surface area contributed by atoms with E-state index in [9.17, 15) is 10.0 Å². The van der Waals surface area contributed by atoms with Gasteiger partial charge in [-0.05, 0) is 37.1 Å². The monoisotopic (exact) mass is 324 g/mol. The molecule has 0 atom stereocenters. The number of aromatic nitrogens is 3. The summed E-state index contributed by atoms with van der Waals surface area (Å²) in [5.74, 6) is 0.264. The van der Waals surface area contributed by atoms with Crippen molar-refractivity contribution in [2.24, 2.45) is 5.92 Å². The van der Waals surface area contributed by atoms with E-state index >= 15 is 0 Å². The van der Waals surface area contributed by atoms with E-state index in [1.807, 2.05) is 12.1 Å². The number of hydrogen-bond donors (Lipinski definition) is 2. The highest BCUT2D eigenvalue weighted by atomic mass is 16.8. The number of nitrogens with one attached hydrogen (secondary N) is 1. The smallest absolute Gasteiger partial charge is 0.249 e. The van der Waals surface area contributed by atoms with E-state index in [2.05, 4.69) is 15.4 Å². The molecule has 1 fully saturated rings. The third-order valence-electron chi connectivity index (χ3n) is 3.91. The van der Waals surface area contributed by atoms with Crippen LogP contribution in [-0.2, 0) is 4.79 Å². The lowest BCUT2D eigenvalue weighted by Crippen LogP contribution is -2.14. The number of nitrogens with zero attached hydrogens (tertiary/aromatic N) is 4. The summed E-state index contributed by atoms with van der Waals surface area (Å²) < 4.78 is 1.59. The van der Waals surface area contributed by atoms with Crippen molar-refractivity contribution in [1.82, 2.24) is 14.6 Å². The maximum Gasteiger partial charge on any atom is 0.249 e. The van der Waals surface area contributed by atoms with E-state index in [4.69, 9.17) is 5.21 Å². The maximum absolute atomic E-state index is 11.9. The molecule has 1 saturated carbocycles. The quantitative estimate of drug-likeness (QED) is 0.714. The van der Waals surface area contributed by atoms with Crippen LogP contribution in [0.25, 0.3) is 16.9 Å². The van der Waals surface area contributed by atoms with E-state index in [1.165, 1.54) is 6.07 Å². The molecule has 0 spiro atoms. The average molecular weight is 324 g/mol. The van der Waals surface area contributed by atoms with Gasteiger partial charge in [-0.3, -0.25) is 15.3 Å². The van der Waals surface area contributed by atoms with Gasteiger partial charge in [0.1, 0.15) is 0 Å². The molecule has 0 radical (unpaired) electrons. The number of carbonyl (C=O) groups excluding carboxylic acids is 1. The van der Waals surface area contributed by atoms with E-state index in [-0.39, 0.29) is 28.7 Å². The molecule has 4 rings (SSSR count). The van der Waals surface area contributed by atoms with Gasteiger partial charge in [-0.25, -0.2) is 4.52 Å². The first-order chi connectivity index (χ1) is 11.6.